The Balaban J connectivity index is 1.54. The van der Waals surface area contributed by atoms with Crippen molar-refractivity contribution in [3.05, 3.63) is 62.9 Å². The Morgan fingerprint density at radius 3 is 2.43 bits per heavy atom. The van der Waals surface area contributed by atoms with Crippen LogP contribution in [0.5, 0.6) is 0 Å². The number of hydrogen-bond acceptors (Lipinski definition) is 10. The van der Waals surface area contributed by atoms with Crippen LogP contribution in [0.15, 0.2) is 42.7 Å². The van der Waals surface area contributed by atoms with Gasteiger partial charge < -0.3 is 10.6 Å². The number of nitrogens with one attached hydrogen (secondary N) is 3. The summed E-state index contributed by atoms with van der Waals surface area (Å²) in [6, 6.07) is 7.68. The first-order valence-electron chi connectivity index (χ1n) is 10.3. The van der Waals surface area contributed by atoms with Gasteiger partial charge in [-0.25, -0.2) is 19.9 Å². The molecule has 0 radical (unpaired) electrons. The highest BCUT2D eigenvalue weighted by atomic mass is 35.5. The molecular formula is C21H18Cl2N8O4. The van der Waals surface area contributed by atoms with Crippen molar-refractivity contribution in [1.82, 2.24) is 20.3 Å². The molecule has 1 saturated heterocycles. The first-order chi connectivity index (χ1) is 16.8. The maximum Gasteiger partial charge on any atom is 0.287 e. The average molecular weight is 517 g/mol. The number of amides is 2. The average Bonchev–Trinajstić information content (AvgIpc) is 2.83. The maximum atomic E-state index is 12.5. The van der Waals surface area contributed by atoms with E-state index in [1.54, 1.807) is 18.2 Å². The van der Waals surface area contributed by atoms with Gasteiger partial charge in [-0.05, 0) is 24.3 Å². The second-order valence-corrected chi connectivity index (χ2v) is 8.13. The summed E-state index contributed by atoms with van der Waals surface area (Å²) in [5.41, 5.74) is 0.878. The Morgan fingerprint density at radius 1 is 1.03 bits per heavy atom. The van der Waals surface area contributed by atoms with Gasteiger partial charge in [0.1, 0.15) is 17.7 Å². The molecule has 1 fully saturated rings. The zero-order chi connectivity index (χ0) is 24.9. The van der Waals surface area contributed by atoms with Crippen LogP contribution >= 0.6 is 23.2 Å². The molecule has 3 aromatic rings. The van der Waals surface area contributed by atoms with Gasteiger partial charge >= 0.3 is 0 Å². The molecule has 3 heterocycles. The highest BCUT2D eigenvalue weighted by Gasteiger charge is 2.31. The number of carbonyl (C=O) groups excluding carboxylic acids is 2. The van der Waals surface area contributed by atoms with Gasteiger partial charge in [0.05, 0.1) is 34.9 Å². The van der Waals surface area contributed by atoms with Gasteiger partial charge in [-0.3, -0.25) is 25.0 Å². The van der Waals surface area contributed by atoms with Gasteiger partial charge in [-0.15, -0.1) is 0 Å². The van der Waals surface area contributed by atoms with E-state index in [9.17, 15) is 19.7 Å². The van der Waals surface area contributed by atoms with Gasteiger partial charge in [0.25, 0.3) is 5.69 Å². The minimum absolute atomic E-state index is 0.00187. The smallest absolute Gasteiger partial charge is 0.287 e. The lowest BCUT2D eigenvalue weighted by molar-refractivity contribution is -0.385. The minimum Gasteiger partial charge on any atom is -0.368 e. The maximum absolute atomic E-state index is 12.5. The van der Waals surface area contributed by atoms with Crippen LogP contribution in [0.4, 0.5) is 23.1 Å². The number of nitrogens with zero attached hydrogens (tertiary/aromatic N) is 5. The molecule has 4 rings (SSSR count). The number of pyridine rings is 1. The number of imide groups is 1. The van der Waals surface area contributed by atoms with Crippen molar-refractivity contribution in [1.29, 1.82) is 0 Å². The number of hydrogen-bond donors (Lipinski definition) is 3. The van der Waals surface area contributed by atoms with Crippen molar-refractivity contribution in [2.75, 3.05) is 41.7 Å². The van der Waals surface area contributed by atoms with Crippen LogP contribution in [0, 0.1) is 10.1 Å². The Labute approximate surface area is 208 Å². The number of piperazine rings is 1. The topological polar surface area (TPSA) is 155 Å². The molecule has 180 valence electrons. The summed E-state index contributed by atoms with van der Waals surface area (Å²) in [6.07, 6.45) is 2.56. The summed E-state index contributed by atoms with van der Waals surface area (Å²) in [5.74, 6) is -0.158. The Kier molecular flexibility index (Phi) is 7.34. The van der Waals surface area contributed by atoms with Crippen molar-refractivity contribution < 1.29 is 14.5 Å². The van der Waals surface area contributed by atoms with E-state index in [0.717, 1.165) is 4.90 Å². The first kappa shape index (κ1) is 24.3. The molecule has 0 spiro atoms. The van der Waals surface area contributed by atoms with Crippen molar-refractivity contribution in [3.63, 3.8) is 0 Å². The van der Waals surface area contributed by atoms with Crippen LogP contribution in [-0.2, 0) is 9.59 Å². The van der Waals surface area contributed by atoms with Crippen molar-refractivity contribution in [3.8, 4) is 11.3 Å². The predicted octanol–water partition coefficient (Wildman–Crippen LogP) is 2.74. The molecule has 1 aromatic carbocycles. The first-order valence-corrected chi connectivity index (χ1v) is 11.1. The zero-order valence-electron chi connectivity index (χ0n) is 18.0. The summed E-state index contributed by atoms with van der Waals surface area (Å²) in [4.78, 5) is 49.0. The second-order valence-electron chi connectivity index (χ2n) is 7.29. The van der Waals surface area contributed by atoms with Crippen LogP contribution in [0.25, 0.3) is 11.3 Å². The number of benzene rings is 1. The van der Waals surface area contributed by atoms with Crippen LogP contribution < -0.4 is 20.9 Å². The highest BCUT2D eigenvalue weighted by molar-refractivity contribution is 6.36. The summed E-state index contributed by atoms with van der Waals surface area (Å²) in [6.45, 7) is 0.781. The number of halogens is 2. The quantitative estimate of drug-likeness (QED) is 0.176. The van der Waals surface area contributed by atoms with Crippen molar-refractivity contribution >= 4 is 58.2 Å². The normalized spacial score (nSPS) is 13.6. The number of nitro groups is 1. The summed E-state index contributed by atoms with van der Waals surface area (Å²) < 4.78 is 0. The van der Waals surface area contributed by atoms with Crippen LogP contribution in [0.2, 0.25) is 10.0 Å². The van der Waals surface area contributed by atoms with Crippen LogP contribution in [0.1, 0.15) is 0 Å². The number of carbonyl (C=O) groups is 2. The molecule has 2 amide bonds. The lowest BCUT2D eigenvalue weighted by Crippen LogP contribution is -2.52. The van der Waals surface area contributed by atoms with Gasteiger partial charge in [-0.1, -0.05) is 23.2 Å². The van der Waals surface area contributed by atoms with Crippen LogP contribution in [-0.4, -0.2) is 57.9 Å². The summed E-state index contributed by atoms with van der Waals surface area (Å²) in [7, 11) is 0. The minimum atomic E-state index is -0.522. The predicted molar refractivity (Wildman–Crippen MR) is 131 cm³/mol. The van der Waals surface area contributed by atoms with Crippen molar-refractivity contribution in [2.24, 2.45) is 0 Å². The molecule has 14 heteroatoms. The summed E-state index contributed by atoms with van der Waals surface area (Å²) >= 11 is 12.4. The lowest BCUT2D eigenvalue weighted by atomic mass is 10.1. The van der Waals surface area contributed by atoms with E-state index in [2.05, 4.69) is 30.9 Å². The molecule has 35 heavy (non-hydrogen) atoms. The molecule has 12 nitrogen and oxygen atoms in total. The molecule has 0 atom stereocenters. The van der Waals surface area contributed by atoms with E-state index in [-0.39, 0.29) is 36.1 Å². The van der Waals surface area contributed by atoms with Gasteiger partial charge in [0.2, 0.25) is 17.8 Å². The van der Waals surface area contributed by atoms with E-state index in [1.807, 2.05) is 0 Å². The lowest BCUT2D eigenvalue weighted by Gasteiger charge is -2.27. The molecular weight excluding hydrogens is 499 g/mol. The summed E-state index contributed by atoms with van der Waals surface area (Å²) in [5, 5.41) is 20.3. The van der Waals surface area contributed by atoms with E-state index in [0.29, 0.717) is 34.5 Å². The van der Waals surface area contributed by atoms with Crippen molar-refractivity contribution in [2.45, 2.75) is 0 Å². The van der Waals surface area contributed by atoms with E-state index < -0.39 is 16.7 Å². The molecule has 1 aliphatic rings. The number of rotatable bonds is 8. The fourth-order valence-corrected chi connectivity index (χ4v) is 3.81. The fourth-order valence-electron chi connectivity index (χ4n) is 3.31. The third-order valence-electron chi connectivity index (χ3n) is 4.92. The van der Waals surface area contributed by atoms with Gasteiger partial charge in [0.15, 0.2) is 0 Å². The zero-order valence-corrected chi connectivity index (χ0v) is 19.5. The molecule has 0 unspecified atom stereocenters. The second kappa shape index (κ2) is 10.6. The van der Waals surface area contributed by atoms with Crippen LogP contribution in [0.3, 0.4) is 0 Å². The van der Waals surface area contributed by atoms with Gasteiger partial charge in [0, 0.05) is 29.7 Å². The Hall–Kier alpha value is -3.87. The molecule has 0 aliphatic carbocycles. The monoisotopic (exact) mass is 516 g/mol. The fraction of sp³-hybridized carbons (Fsp3) is 0.190. The molecule has 3 N–H and O–H groups in total. The molecule has 0 bridgehead atoms. The number of aromatic nitrogens is 3. The van der Waals surface area contributed by atoms with E-state index in [4.69, 9.17) is 23.2 Å². The number of anilines is 3. The van der Waals surface area contributed by atoms with Gasteiger partial charge in [-0.2, -0.15) is 0 Å². The molecule has 2 aromatic heterocycles. The largest absolute Gasteiger partial charge is 0.368 e. The molecule has 0 saturated carbocycles. The third kappa shape index (κ3) is 5.62. The Morgan fingerprint density at radius 2 is 1.77 bits per heavy atom. The highest BCUT2D eigenvalue weighted by Crippen LogP contribution is 2.36. The standard InChI is InChI=1S/C21H18Cl2N8O4/c22-12-1-3-14(15(23)7-12)20-16(30-18(32)10-24-11-19(30)33)9-28-21(29-20)26-6-5-25-17-4-2-13(8-27-17)31(34)35/h1-4,7-9,24H,5-6,10-11H2,(H,25,27)(H,26,28,29). The molecule has 1 aliphatic heterocycles. The van der Waals surface area contributed by atoms with E-state index >= 15 is 0 Å². The van der Waals surface area contributed by atoms with E-state index in [1.165, 1.54) is 24.5 Å². The SMILES string of the molecule is O=C1CNCC(=O)N1c1cnc(NCCNc2ccc([N+](=O)[O-])cn2)nc1-c1ccc(Cl)cc1Cl. The Bertz CT molecular complexity index is 1270. The third-order valence-corrected chi connectivity index (χ3v) is 5.47.